The van der Waals surface area contributed by atoms with Gasteiger partial charge >= 0.3 is 11.9 Å². The van der Waals surface area contributed by atoms with Crippen LogP contribution < -0.4 is 0 Å². The Labute approximate surface area is 248 Å². The van der Waals surface area contributed by atoms with Gasteiger partial charge in [0.1, 0.15) is 11.5 Å². The molecule has 35 heavy (non-hydrogen) atoms. The summed E-state index contributed by atoms with van der Waals surface area (Å²) in [5.41, 5.74) is 0. The van der Waals surface area contributed by atoms with Crippen LogP contribution in [0.15, 0.2) is 0 Å². The number of unbranched alkanes of at least 4 members (excludes halogenated alkanes) is 4. The van der Waals surface area contributed by atoms with Crippen molar-refractivity contribution in [3.8, 4) is 0 Å². The molecule has 0 aliphatic carbocycles. The quantitative estimate of drug-likeness (QED) is 0.125. The van der Waals surface area contributed by atoms with Gasteiger partial charge in [-0.15, -0.1) is 0 Å². The Bertz CT molecular complexity index is 359. The van der Waals surface area contributed by atoms with E-state index >= 15 is 0 Å². The van der Waals surface area contributed by atoms with Crippen LogP contribution >= 0.6 is 25.3 Å². The van der Waals surface area contributed by atoms with E-state index in [1.165, 1.54) is 38.5 Å². The maximum Gasteiger partial charge on any atom is 0.316 e. The van der Waals surface area contributed by atoms with E-state index in [2.05, 4.69) is 80.6 Å². The van der Waals surface area contributed by atoms with Crippen LogP contribution in [0.5, 0.6) is 0 Å². The molecular weight excluding hydrogens is 583 g/mol. The standard InChI is InChI=1S/2C10H19O2S.2C4H9.Sn/c2*1-3-5-6-9(4-2)7-12-10(11)8-13;2*1-3-4-2;/h2*9H,3-8H2,1-2H3;2*1,3-4H2,2H3;. The second-order valence-electron chi connectivity index (χ2n) is 8.19. The topological polar surface area (TPSA) is 52.6 Å². The molecule has 0 N–H and O–H groups in total. The normalized spacial score (nSPS) is 11.0. The second kappa shape index (κ2) is 41.6. The minimum absolute atomic E-state index is 0. The third kappa shape index (κ3) is 44.8. The van der Waals surface area contributed by atoms with Gasteiger partial charge in [-0.3, -0.25) is 9.59 Å². The fraction of sp³-hybridized carbons (Fsp3) is 0.857. The molecule has 0 aromatic heterocycles. The van der Waals surface area contributed by atoms with Gasteiger partial charge in [0.2, 0.25) is 0 Å². The van der Waals surface area contributed by atoms with Crippen LogP contribution in [-0.4, -0.2) is 60.6 Å². The number of ether oxygens (including phenoxy) is 2. The second-order valence-corrected chi connectivity index (χ2v) is 8.77. The van der Waals surface area contributed by atoms with Crippen LogP contribution in [0.4, 0.5) is 0 Å². The molecule has 0 saturated heterocycles. The first-order valence-corrected chi connectivity index (χ1v) is 14.5. The van der Waals surface area contributed by atoms with Crippen LogP contribution in [0.1, 0.15) is 119 Å². The maximum atomic E-state index is 10.8. The summed E-state index contributed by atoms with van der Waals surface area (Å²) < 4.78 is 10.00. The van der Waals surface area contributed by atoms with Crippen molar-refractivity contribution in [2.75, 3.05) is 24.7 Å². The monoisotopic (exact) mass is 640 g/mol. The first-order valence-electron chi connectivity index (χ1n) is 13.4. The number of rotatable bonds is 16. The SMILES string of the molecule is CCCCC(CC)COC(=O)C[S].CCCCC(CC)COC(=O)C[S].[CH2]CCC.[CH2]CCC.[Sn]. The molecule has 2 unspecified atom stereocenters. The Kier molecular flexibility index (Phi) is 53.9. The first-order chi connectivity index (χ1) is 16.3. The van der Waals surface area contributed by atoms with Gasteiger partial charge in [0.25, 0.3) is 0 Å². The van der Waals surface area contributed by atoms with Gasteiger partial charge in [-0.1, -0.05) is 145 Å². The third-order valence-corrected chi connectivity index (χ3v) is 5.46. The molecule has 0 amide bonds. The van der Waals surface area contributed by atoms with Gasteiger partial charge in [-0.2, -0.15) is 0 Å². The molecular formula is C28H56O4S2Sn. The molecule has 0 rings (SSSR count). The molecule has 0 heterocycles. The largest absolute Gasteiger partial charge is 0.465 e. The number of hydrogen-bond acceptors (Lipinski definition) is 4. The van der Waals surface area contributed by atoms with E-state index in [-0.39, 0.29) is 47.4 Å². The summed E-state index contributed by atoms with van der Waals surface area (Å²) in [6, 6.07) is 0. The summed E-state index contributed by atoms with van der Waals surface area (Å²) in [5, 5.41) is 0. The molecule has 0 spiro atoms. The van der Waals surface area contributed by atoms with E-state index in [4.69, 9.17) is 9.47 Å². The van der Waals surface area contributed by atoms with Crippen molar-refractivity contribution < 1.29 is 19.1 Å². The Balaban J connectivity index is -0.000000128. The summed E-state index contributed by atoms with van der Waals surface area (Å²) in [6.07, 6.45) is 13.8. The zero-order valence-electron chi connectivity index (χ0n) is 23.8. The summed E-state index contributed by atoms with van der Waals surface area (Å²) in [7, 11) is 0. The van der Waals surface area contributed by atoms with Crippen molar-refractivity contribution in [2.45, 2.75) is 119 Å². The van der Waals surface area contributed by atoms with Crippen molar-refractivity contribution in [3.05, 3.63) is 13.8 Å². The molecule has 0 saturated carbocycles. The molecule has 4 nitrogen and oxygen atoms in total. The van der Waals surface area contributed by atoms with Gasteiger partial charge in [-0.05, 0) is 24.7 Å². The molecule has 2 atom stereocenters. The van der Waals surface area contributed by atoms with Crippen LogP contribution in [-0.2, 0) is 19.1 Å². The Morgan fingerprint density at radius 3 is 1.11 bits per heavy atom. The number of esters is 2. The van der Waals surface area contributed by atoms with E-state index in [1.54, 1.807) is 0 Å². The number of carbonyl (C=O) groups excluding carboxylic acids is 2. The van der Waals surface area contributed by atoms with Crippen molar-refractivity contribution >= 4 is 61.1 Å². The van der Waals surface area contributed by atoms with Crippen molar-refractivity contribution in [2.24, 2.45) is 11.8 Å². The van der Waals surface area contributed by atoms with Gasteiger partial charge in [0.05, 0.1) is 13.2 Å². The van der Waals surface area contributed by atoms with Crippen LogP contribution in [0.25, 0.3) is 0 Å². The summed E-state index contributed by atoms with van der Waals surface area (Å²) >= 11 is 9.15. The predicted octanol–water partition coefficient (Wildman–Crippen LogP) is 8.75. The van der Waals surface area contributed by atoms with Gasteiger partial charge in [0.15, 0.2) is 0 Å². The minimum atomic E-state index is -0.259. The van der Waals surface area contributed by atoms with Crippen LogP contribution in [0.2, 0.25) is 0 Å². The fourth-order valence-electron chi connectivity index (χ4n) is 2.30. The molecule has 0 aliphatic rings. The van der Waals surface area contributed by atoms with E-state index in [0.717, 1.165) is 38.5 Å². The Hall–Kier alpha value is 0.439. The average Bonchev–Trinajstić information content (AvgIpc) is 2.89. The summed E-state index contributed by atoms with van der Waals surface area (Å²) in [4.78, 5) is 21.6. The molecule has 0 aromatic carbocycles. The molecule has 0 aliphatic heterocycles. The number of carbonyl (C=O) groups is 2. The van der Waals surface area contributed by atoms with E-state index in [1.807, 2.05) is 0 Å². The van der Waals surface area contributed by atoms with E-state index < -0.39 is 0 Å². The summed E-state index contributed by atoms with van der Waals surface area (Å²) in [5.74, 6) is 0.667. The van der Waals surface area contributed by atoms with Crippen LogP contribution in [0, 0.1) is 25.7 Å². The van der Waals surface area contributed by atoms with Gasteiger partial charge < -0.3 is 9.47 Å². The number of hydrogen-bond donors (Lipinski definition) is 0. The van der Waals surface area contributed by atoms with Crippen molar-refractivity contribution in [1.82, 2.24) is 0 Å². The fourth-order valence-corrected chi connectivity index (χ4v) is 2.47. The zero-order chi connectivity index (χ0) is 27.0. The molecule has 8 radical (unpaired) electrons. The Morgan fingerprint density at radius 2 is 0.943 bits per heavy atom. The molecule has 7 heteroatoms. The average molecular weight is 640 g/mol. The van der Waals surface area contributed by atoms with Gasteiger partial charge in [0, 0.05) is 23.9 Å². The molecule has 208 valence electrons. The third-order valence-electron chi connectivity index (χ3n) is 4.99. The first kappa shape index (κ1) is 45.4. The van der Waals surface area contributed by atoms with E-state index in [0.29, 0.717) is 25.0 Å². The van der Waals surface area contributed by atoms with E-state index in [9.17, 15) is 9.59 Å². The van der Waals surface area contributed by atoms with Crippen molar-refractivity contribution in [1.29, 1.82) is 0 Å². The molecule has 0 aromatic rings. The van der Waals surface area contributed by atoms with Gasteiger partial charge in [-0.25, -0.2) is 0 Å². The zero-order valence-corrected chi connectivity index (χ0v) is 28.3. The van der Waals surface area contributed by atoms with Crippen LogP contribution in [0.3, 0.4) is 0 Å². The maximum absolute atomic E-state index is 10.8. The Morgan fingerprint density at radius 1 is 0.657 bits per heavy atom. The summed E-state index contributed by atoms with van der Waals surface area (Å²) in [6.45, 7) is 21.1. The molecule has 0 fully saturated rings. The molecule has 0 bridgehead atoms. The van der Waals surface area contributed by atoms with Crippen molar-refractivity contribution in [3.63, 3.8) is 0 Å². The minimum Gasteiger partial charge on any atom is -0.465 e. The smallest absolute Gasteiger partial charge is 0.316 e. The predicted molar refractivity (Wildman–Crippen MR) is 160 cm³/mol.